The molecular formula is C13H17BrINO3. The van der Waals surface area contributed by atoms with Gasteiger partial charge in [0.05, 0.1) is 6.54 Å². The van der Waals surface area contributed by atoms with E-state index in [0.717, 1.165) is 13.8 Å². The van der Waals surface area contributed by atoms with Gasteiger partial charge in [-0.2, -0.15) is 0 Å². The number of benzene rings is 1. The first-order valence-corrected chi connectivity index (χ1v) is 7.69. The molecule has 0 saturated heterocycles. The minimum absolute atomic E-state index is 0.395. The molecule has 0 aromatic heterocycles. The molecule has 1 amide bonds. The summed E-state index contributed by atoms with van der Waals surface area (Å²) in [6.45, 7) is 6.27. The predicted molar refractivity (Wildman–Crippen MR) is 86.6 cm³/mol. The second-order valence-corrected chi connectivity index (χ2v) is 7.04. The van der Waals surface area contributed by atoms with E-state index in [1.807, 2.05) is 39.0 Å². The standard InChI is InChI=1S/C13H17BrINO3/c1-13(2,3)19-12(17)16-4-5-18-11-7-9(14)6-10(15)8-11/h6-8H,4-5H2,1-3H3,(H,16,17). The Labute approximate surface area is 135 Å². The van der Waals surface area contributed by atoms with Crippen LogP contribution in [0.3, 0.4) is 0 Å². The first-order valence-electron chi connectivity index (χ1n) is 5.82. The molecular weight excluding hydrogens is 425 g/mol. The van der Waals surface area contributed by atoms with Crippen LogP contribution in [0.5, 0.6) is 5.75 Å². The Hall–Kier alpha value is -0.500. The summed E-state index contributed by atoms with van der Waals surface area (Å²) in [5.74, 6) is 0.768. The second-order valence-electron chi connectivity index (χ2n) is 4.88. The molecule has 0 aliphatic rings. The van der Waals surface area contributed by atoms with Crippen LogP contribution in [0.4, 0.5) is 4.79 Å². The van der Waals surface area contributed by atoms with E-state index >= 15 is 0 Å². The first kappa shape index (κ1) is 16.6. The Morgan fingerprint density at radius 2 is 2.05 bits per heavy atom. The zero-order valence-electron chi connectivity index (χ0n) is 11.1. The summed E-state index contributed by atoms with van der Waals surface area (Å²) in [4.78, 5) is 11.4. The minimum atomic E-state index is -0.481. The molecule has 0 saturated carbocycles. The number of nitrogens with one attached hydrogen (secondary N) is 1. The molecule has 1 rings (SSSR count). The lowest BCUT2D eigenvalue weighted by Gasteiger charge is -2.19. The number of alkyl carbamates (subject to hydrolysis) is 1. The molecule has 19 heavy (non-hydrogen) atoms. The number of ether oxygens (including phenoxy) is 2. The van der Waals surface area contributed by atoms with Crippen LogP contribution < -0.4 is 10.1 Å². The van der Waals surface area contributed by atoms with Gasteiger partial charge >= 0.3 is 6.09 Å². The van der Waals surface area contributed by atoms with Gasteiger partial charge in [-0.3, -0.25) is 0 Å². The molecule has 1 N–H and O–H groups in total. The van der Waals surface area contributed by atoms with Crippen molar-refractivity contribution in [3.05, 3.63) is 26.2 Å². The molecule has 0 aliphatic heterocycles. The van der Waals surface area contributed by atoms with Crippen LogP contribution in [-0.2, 0) is 4.74 Å². The van der Waals surface area contributed by atoms with Crippen LogP contribution >= 0.6 is 38.5 Å². The Morgan fingerprint density at radius 1 is 1.37 bits per heavy atom. The van der Waals surface area contributed by atoms with E-state index in [0.29, 0.717) is 13.2 Å². The summed E-state index contributed by atoms with van der Waals surface area (Å²) >= 11 is 5.62. The summed E-state index contributed by atoms with van der Waals surface area (Å²) in [7, 11) is 0. The van der Waals surface area contributed by atoms with Crippen molar-refractivity contribution >= 4 is 44.6 Å². The topological polar surface area (TPSA) is 47.6 Å². The number of hydrogen-bond donors (Lipinski definition) is 1. The number of rotatable bonds is 4. The largest absolute Gasteiger partial charge is 0.492 e. The first-order chi connectivity index (χ1) is 8.76. The van der Waals surface area contributed by atoms with E-state index in [1.165, 1.54) is 0 Å². The van der Waals surface area contributed by atoms with E-state index in [9.17, 15) is 4.79 Å². The lowest BCUT2D eigenvalue weighted by molar-refractivity contribution is 0.0520. The van der Waals surface area contributed by atoms with Crippen molar-refractivity contribution in [2.75, 3.05) is 13.2 Å². The summed E-state index contributed by atoms with van der Waals surface area (Å²) in [6.07, 6.45) is -0.431. The van der Waals surface area contributed by atoms with Crippen molar-refractivity contribution in [1.82, 2.24) is 5.32 Å². The molecule has 6 heteroatoms. The van der Waals surface area contributed by atoms with Crippen LogP contribution in [0.25, 0.3) is 0 Å². The highest BCUT2D eigenvalue weighted by Crippen LogP contribution is 2.22. The number of carbonyl (C=O) groups is 1. The summed E-state index contributed by atoms with van der Waals surface area (Å²) in [5, 5.41) is 2.64. The maximum atomic E-state index is 11.4. The molecule has 4 nitrogen and oxygen atoms in total. The lowest BCUT2D eigenvalue weighted by atomic mass is 10.2. The Balaban J connectivity index is 2.29. The van der Waals surface area contributed by atoms with Gasteiger partial charge in [0, 0.05) is 8.04 Å². The molecule has 0 unspecified atom stereocenters. The zero-order valence-corrected chi connectivity index (χ0v) is 14.9. The van der Waals surface area contributed by atoms with Crippen molar-refractivity contribution in [2.45, 2.75) is 26.4 Å². The van der Waals surface area contributed by atoms with Crippen molar-refractivity contribution in [3.63, 3.8) is 0 Å². The van der Waals surface area contributed by atoms with Crippen LogP contribution in [0.2, 0.25) is 0 Å². The number of halogens is 2. The average Bonchev–Trinajstić information content (AvgIpc) is 2.20. The SMILES string of the molecule is CC(C)(C)OC(=O)NCCOc1cc(Br)cc(I)c1. The maximum Gasteiger partial charge on any atom is 0.407 e. The molecule has 1 aromatic carbocycles. The van der Waals surface area contributed by atoms with Crippen LogP contribution in [0, 0.1) is 3.57 Å². The molecule has 0 bridgehead atoms. The van der Waals surface area contributed by atoms with Gasteiger partial charge in [-0.15, -0.1) is 0 Å². The third-order valence-corrected chi connectivity index (χ3v) is 2.96. The normalized spacial score (nSPS) is 11.0. The van der Waals surface area contributed by atoms with E-state index in [1.54, 1.807) is 0 Å². The highest BCUT2D eigenvalue weighted by atomic mass is 127. The smallest absolute Gasteiger partial charge is 0.407 e. The molecule has 1 aromatic rings. The Kier molecular flexibility index (Phi) is 6.38. The molecule has 0 fully saturated rings. The van der Waals surface area contributed by atoms with Gasteiger partial charge in [-0.05, 0) is 61.6 Å². The number of hydrogen-bond acceptors (Lipinski definition) is 3. The molecule has 0 heterocycles. The van der Waals surface area contributed by atoms with Gasteiger partial charge in [0.1, 0.15) is 18.0 Å². The summed E-state index contributed by atoms with van der Waals surface area (Å²) in [6, 6.07) is 5.81. The van der Waals surface area contributed by atoms with Gasteiger partial charge in [0.15, 0.2) is 0 Å². The van der Waals surface area contributed by atoms with Crippen LogP contribution in [0.15, 0.2) is 22.7 Å². The monoisotopic (exact) mass is 441 g/mol. The van der Waals surface area contributed by atoms with E-state index in [4.69, 9.17) is 9.47 Å². The van der Waals surface area contributed by atoms with E-state index in [2.05, 4.69) is 43.8 Å². The number of amides is 1. The molecule has 0 spiro atoms. The summed E-state index contributed by atoms with van der Waals surface area (Å²) in [5.41, 5.74) is -0.481. The van der Waals surface area contributed by atoms with Crippen molar-refractivity contribution in [1.29, 1.82) is 0 Å². The van der Waals surface area contributed by atoms with E-state index < -0.39 is 11.7 Å². The molecule has 106 valence electrons. The van der Waals surface area contributed by atoms with Crippen LogP contribution in [-0.4, -0.2) is 24.8 Å². The Bertz CT molecular complexity index is 426. The van der Waals surface area contributed by atoms with Gasteiger partial charge in [-0.25, -0.2) is 4.79 Å². The van der Waals surface area contributed by atoms with Gasteiger partial charge in [0.25, 0.3) is 0 Å². The van der Waals surface area contributed by atoms with Crippen LogP contribution in [0.1, 0.15) is 20.8 Å². The molecule has 0 aliphatic carbocycles. The van der Waals surface area contributed by atoms with Gasteiger partial charge in [0.2, 0.25) is 0 Å². The Morgan fingerprint density at radius 3 is 2.63 bits per heavy atom. The quantitative estimate of drug-likeness (QED) is 0.568. The van der Waals surface area contributed by atoms with Crippen molar-refractivity contribution in [3.8, 4) is 5.75 Å². The molecule has 0 radical (unpaired) electrons. The molecule has 0 atom stereocenters. The third kappa shape index (κ3) is 7.61. The summed E-state index contributed by atoms with van der Waals surface area (Å²) < 4.78 is 12.7. The highest BCUT2D eigenvalue weighted by Gasteiger charge is 2.15. The zero-order chi connectivity index (χ0) is 14.5. The fraction of sp³-hybridized carbons (Fsp3) is 0.462. The number of carbonyl (C=O) groups excluding carboxylic acids is 1. The van der Waals surface area contributed by atoms with Gasteiger partial charge in [-0.1, -0.05) is 15.9 Å². The maximum absolute atomic E-state index is 11.4. The third-order valence-electron chi connectivity index (χ3n) is 1.88. The van der Waals surface area contributed by atoms with Crippen molar-refractivity contribution < 1.29 is 14.3 Å². The average molecular weight is 442 g/mol. The highest BCUT2D eigenvalue weighted by molar-refractivity contribution is 14.1. The second kappa shape index (κ2) is 7.33. The fourth-order valence-corrected chi connectivity index (χ4v) is 2.79. The lowest BCUT2D eigenvalue weighted by Crippen LogP contribution is -2.34. The minimum Gasteiger partial charge on any atom is -0.492 e. The van der Waals surface area contributed by atoms with Gasteiger partial charge < -0.3 is 14.8 Å². The fourth-order valence-electron chi connectivity index (χ4n) is 1.25. The van der Waals surface area contributed by atoms with Crippen molar-refractivity contribution in [2.24, 2.45) is 0 Å². The predicted octanol–water partition coefficient (Wildman–Crippen LogP) is 3.96. The van der Waals surface area contributed by atoms with E-state index in [-0.39, 0.29) is 0 Å².